The minimum atomic E-state index is -0.212. The standard InChI is InChI=1S/C15H30N2O2/c1-13(2)17(3)10-4-9-16-14-5-7-15(8-6-14)18-11-12-19-15/h13-14,16H,4-12H2,1-3H3. The summed E-state index contributed by atoms with van der Waals surface area (Å²) < 4.78 is 11.5. The summed E-state index contributed by atoms with van der Waals surface area (Å²) in [6, 6.07) is 1.30. The summed E-state index contributed by atoms with van der Waals surface area (Å²) in [6.45, 7) is 8.34. The van der Waals surface area contributed by atoms with E-state index in [-0.39, 0.29) is 5.79 Å². The van der Waals surface area contributed by atoms with E-state index in [0.29, 0.717) is 12.1 Å². The van der Waals surface area contributed by atoms with E-state index in [9.17, 15) is 0 Å². The Morgan fingerprint density at radius 2 is 1.84 bits per heavy atom. The average Bonchev–Trinajstić information content (AvgIpc) is 2.85. The summed E-state index contributed by atoms with van der Waals surface area (Å²) in [7, 11) is 2.20. The Bertz CT molecular complexity index is 255. The summed E-state index contributed by atoms with van der Waals surface area (Å²) in [4.78, 5) is 2.40. The van der Waals surface area contributed by atoms with Crippen LogP contribution in [0.25, 0.3) is 0 Å². The van der Waals surface area contributed by atoms with Crippen molar-refractivity contribution in [1.29, 1.82) is 0 Å². The third kappa shape index (κ3) is 4.42. The van der Waals surface area contributed by atoms with E-state index >= 15 is 0 Å². The van der Waals surface area contributed by atoms with Gasteiger partial charge in [0.15, 0.2) is 5.79 Å². The molecule has 0 aromatic carbocycles. The molecule has 0 aromatic rings. The van der Waals surface area contributed by atoms with Crippen LogP contribution in [-0.2, 0) is 9.47 Å². The highest BCUT2D eigenvalue weighted by Gasteiger charge is 2.39. The Morgan fingerprint density at radius 3 is 2.42 bits per heavy atom. The first-order chi connectivity index (χ1) is 9.11. The smallest absolute Gasteiger partial charge is 0.168 e. The molecule has 1 aliphatic heterocycles. The lowest BCUT2D eigenvalue weighted by molar-refractivity contribution is -0.179. The van der Waals surface area contributed by atoms with Gasteiger partial charge in [-0.15, -0.1) is 0 Å². The number of nitrogens with one attached hydrogen (secondary N) is 1. The Hall–Kier alpha value is -0.160. The van der Waals surface area contributed by atoms with Crippen LogP contribution in [0.5, 0.6) is 0 Å². The first-order valence-corrected chi connectivity index (χ1v) is 7.83. The molecule has 0 unspecified atom stereocenters. The second-order valence-electron chi connectivity index (χ2n) is 6.26. The minimum Gasteiger partial charge on any atom is -0.348 e. The quantitative estimate of drug-likeness (QED) is 0.749. The van der Waals surface area contributed by atoms with Gasteiger partial charge in [-0.05, 0) is 53.2 Å². The fraction of sp³-hybridized carbons (Fsp3) is 1.00. The first-order valence-electron chi connectivity index (χ1n) is 7.83. The molecule has 4 heteroatoms. The maximum atomic E-state index is 5.76. The lowest BCUT2D eigenvalue weighted by atomic mass is 9.90. The summed E-state index contributed by atoms with van der Waals surface area (Å²) >= 11 is 0. The molecule has 19 heavy (non-hydrogen) atoms. The highest BCUT2D eigenvalue weighted by Crippen LogP contribution is 2.35. The Kier molecular flexibility index (Phi) is 5.63. The van der Waals surface area contributed by atoms with E-state index in [1.54, 1.807) is 0 Å². The van der Waals surface area contributed by atoms with Crippen molar-refractivity contribution in [3.05, 3.63) is 0 Å². The van der Waals surface area contributed by atoms with Crippen LogP contribution in [0.4, 0.5) is 0 Å². The molecule has 0 radical (unpaired) electrons. The summed E-state index contributed by atoms with van der Waals surface area (Å²) in [6.07, 6.45) is 5.69. The molecule has 1 saturated heterocycles. The van der Waals surface area contributed by atoms with Crippen molar-refractivity contribution in [3.8, 4) is 0 Å². The highest BCUT2D eigenvalue weighted by molar-refractivity contribution is 4.85. The van der Waals surface area contributed by atoms with Crippen LogP contribution in [0.3, 0.4) is 0 Å². The molecule has 4 nitrogen and oxygen atoms in total. The third-order valence-electron chi connectivity index (χ3n) is 4.56. The molecule has 2 fully saturated rings. The van der Waals surface area contributed by atoms with Gasteiger partial charge in [0, 0.05) is 24.9 Å². The molecule has 2 aliphatic rings. The zero-order valence-corrected chi connectivity index (χ0v) is 12.8. The molecule has 0 amide bonds. The first kappa shape index (κ1) is 15.2. The third-order valence-corrected chi connectivity index (χ3v) is 4.56. The number of rotatable bonds is 6. The largest absolute Gasteiger partial charge is 0.348 e. The van der Waals surface area contributed by atoms with Crippen LogP contribution < -0.4 is 5.32 Å². The van der Waals surface area contributed by atoms with E-state index in [2.05, 4.69) is 31.1 Å². The summed E-state index contributed by atoms with van der Waals surface area (Å²) in [5.41, 5.74) is 0. The molecule has 0 bridgehead atoms. The fourth-order valence-corrected chi connectivity index (χ4v) is 2.94. The van der Waals surface area contributed by atoms with E-state index < -0.39 is 0 Å². The Labute approximate surface area is 117 Å². The lowest BCUT2D eigenvalue weighted by Crippen LogP contribution is -2.42. The van der Waals surface area contributed by atoms with Gasteiger partial charge in [0.2, 0.25) is 0 Å². The van der Waals surface area contributed by atoms with Crippen LogP contribution >= 0.6 is 0 Å². The van der Waals surface area contributed by atoms with Gasteiger partial charge in [-0.25, -0.2) is 0 Å². The molecule has 0 atom stereocenters. The normalized spacial score (nSPS) is 23.8. The maximum Gasteiger partial charge on any atom is 0.168 e. The van der Waals surface area contributed by atoms with E-state index in [1.807, 2.05) is 0 Å². The molecular weight excluding hydrogens is 240 g/mol. The molecular formula is C15H30N2O2. The van der Waals surface area contributed by atoms with Gasteiger partial charge < -0.3 is 19.7 Å². The van der Waals surface area contributed by atoms with Crippen LogP contribution in [0.2, 0.25) is 0 Å². The number of nitrogens with zero attached hydrogens (tertiary/aromatic N) is 1. The van der Waals surface area contributed by atoms with Gasteiger partial charge in [-0.1, -0.05) is 0 Å². The van der Waals surface area contributed by atoms with E-state index in [0.717, 1.165) is 32.6 Å². The van der Waals surface area contributed by atoms with Crippen LogP contribution in [0, 0.1) is 0 Å². The van der Waals surface area contributed by atoms with Gasteiger partial charge >= 0.3 is 0 Å². The second-order valence-corrected chi connectivity index (χ2v) is 6.26. The van der Waals surface area contributed by atoms with Crippen molar-refractivity contribution < 1.29 is 9.47 Å². The Morgan fingerprint density at radius 1 is 1.21 bits per heavy atom. The molecule has 1 heterocycles. The molecule has 0 aromatic heterocycles. The van der Waals surface area contributed by atoms with Crippen molar-refractivity contribution in [2.24, 2.45) is 0 Å². The zero-order valence-electron chi connectivity index (χ0n) is 12.8. The number of ether oxygens (including phenoxy) is 2. The second kappa shape index (κ2) is 7.02. The number of hydrogen-bond donors (Lipinski definition) is 1. The van der Waals surface area contributed by atoms with Crippen molar-refractivity contribution >= 4 is 0 Å². The van der Waals surface area contributed by atoms with Crippen molar-refractivity contribution in [3.63, 3.8) is 0 Å². The maximum absolute atomic E-state index is 5.76. The average molecular weight is 270 g/mol. The Balaban J connectivity index is 1.56. The monoisotopic (exact) mass is 270 g/mol. The van der Waals surface area contributed by atoms with Gasteiger partial charge in [0.05, 0.1) is 13.2 Å². The molecule has 1 saturated carbocycles. The van der Waals surface area contributed by atoms with Crippen LogP contribution in [0.15, 0.2) is 0 Å². The SMILES string of the molecule is CC(C)N(C)CCCNC1CCC2(CC1)OCCO2. The van der Waals surface area contributed by atoms with E-state index in [1.165, 1.54) is 25.8 Å². The molecule has 2 rings (SSSR count). The fourth-order valence-electron chi connectivity index (χ4n) is 2.94. The van der Waals surface area contributed by atoms with E-state index in [4.69, 9.17) is 9.47 Å². The predicted molar refractivity (Wildman–Crippen MR) is 77.3 cm³/mol. The van der Waals surface area contributed by atoms with Crippen molar-refractivity contribution in [2.75, 3.05) is 33.4 Å². The minimum absolute atomic E-state index is 0.212. The van der Waals surface area contributed by atoms with Crippen molar-refractivity contribution in [1.82, 2.24) is 10.2 Å². The molecule has 1 N–H and O–H groups in total. The van der Waals surface area contributed by atoms with Crippen LogP contribution in [-0.4, -0.2) is 56.1 Å². The van der Waals surface area contributed by atoms with Gasteiger partial charge in [0.1, 0.15) is 0 Å². The topological polar surface area (TPSA) is 33.7 Å². The van der Waals surface area contributed by atoms with Gasteiger partial charge in [-0.3, -0.25) is 0 Å². The number of hydrogen-bond acceptors (Lipinski definition) is 4. The summed E-state index contributed by atoms with van der Waals surface area (Å²) in [5.74, 6) is -0.212. The molecule has 112 valence electrons. The zero-order chi connectivity index (χ0) is 13.7. The van der Waals surface area contributed by atoms with Crippen molar-refractivity contribution in [2.45, 2.75) is 63.8 Å². The van der Waals surface area contributed by atoms with Crippen LogP contribution in [0.1, 0.15) is 46.0 Å². The highest BCUT2D eigenvalue weighted by atomic mass is 16.7. The predicted octanol–water partition coefficient (Wildman–Crippen LogP) is 1.99. The molecule has 1 spiro atoms. The molecule has 1 aliphatic carbocycles. The lowest BCUT2D eigenvalue weighted by Gasteiger charge is -2.35. The van der Waals surface area contributed by atoms with Gasteiger partial charge in [-0.2, -0.15) is 0 Å². The van der Waals surface area contributed by atoms with Gasteiger partial charge in [0.25, 0.3) is 0 Å². The summed E-state index contributed by atoms with van der Waals surface area (Å²) in [5, 5.41) is 3.68.